The van der Waals surface area contributed by atoms with Gasteiger partial charge in [0.25, 0.3) is 0 Å². The number of pyridine rings is 2. The van der Waals surface area contributed by atoms with E-state index in [1.807, 2.05) is 31.2 Å². The van der Waals surface area contributed by atoms with E-state index >= 15 is 0 Å². The first-order valence-corrected chi connectivity index (χ1v) is 6.58. The van der Waals surface area contributed by atoms with Crippen LogP contribution in [-0.4, -0.2) is 22.3 Å². The summed E-state index contributed by atoms with van der Waals surface area (Å²) in [5, 5.41) is 7.35. The molecule has 0 aliphatic carbocycles. The van der Waals surface area contributed by atoms with Gasteiger partial charge in [-0.05, 0) is 38.1 Å². The van der Waals surface area contributed by atoms with Crippen molar-refractivity contribution >= 4 is 11.5 Å². The van der Waals surface area contributed by atoms with Crippen molar-refractivity contribution in [1.29, 1.82) is 5.41 Å². The molecule has 0 unspecified atom stereocenters. The van der Waals surface area contributed by atoms with E-state index in [2.05, 4.69) is 21.8 Å². The maximum absolute atomic E-state index is 7.35. The molecule has 2 aromatic rings. The fraction of sp³-hybridized carbons (Fsp3) is 0.267. The molecular formula is C15H19N5. The number of hydrogen-bond acceptors (Lipinski definition) is 4. The Morgan fingerprint density at radius 1 is 1.30 bits per heavy atom. The van der Waals surface area contributed by atoms with Crippen LogP contribution in [-0.2, 0) is 6.54 Å². The second-order valence-electron chi connectivity index (χ2n) is 4.60. The van der Waals surface area contributed by atoms with Crippen LogP contribution in [0, 0.1) is 12.3 Å². The summed E-state index contributed by atoms with van der Waals surface area (Å²) in [6.07, 6.45) is 1.75. The summed E-state index contributed by atoms with van der Waals surface area (Å²) in [7, 11) is 0. The average molecular weight is 269 g/mol. The highest BCUT2D eigenvalue weighted by Gasteiger charge is 2.07. The van der Waals surface area contributed by atoms with Crippen LogP contribution in [0.2, 0.25) is 0 Å². The largest absolute Gasteiger partial charge is 0.382 e. The Kier molecular flexibility index (Phi) is 4.30. The maximum Gasteiger partial charge on any atom is 0.141 e. The molecule has 20 heavy (non-hydrogen) atoms. The molecule has 0 saturated carbocycles. The molecular weight excluding hydrogens is 250 g/mol. The molecule has 0 bridgehead atoms. The number of nitrogen functional groups attached to an aromatic ring is 1. The van der Waals surface area contributed by atoms with Gasteiger partial charge in [-0.1, -0.05) is 6.07 Å². The molecule has 0 aliphatic rings. The molecule has 0 fully saturated rings. The molecule has 2 rings (SSSR count). The van der Waals surface area contributed by atoms with Gasteiger partial charge in [0.2, 0.25) is 0 Å². The van der Waals surface area contributed by atoms with Gasteiger partial charge in [-0.15, -0.1) is 0 Å². The molecule has 2 heterocycles. The van der Waals surface area contributed by atoms with Gasteiger partial charge in [0.1, 0.15) is 11.5 Å². The van der Waals surface area contributed by atoms with Crippen molar-refractivity contribution in [3.05, 3.63) is 53.6 Å². The van der Waals surface area contributed by atoms with Crippen LogP contribution >= 0.6 is 0 Å². The van der Waals surface area contributed by atoms with Crippen LogP contribution in [0.4, 0.5) is 5.69 Å². The molecule has 0 aliphatic heterocycles. The molecule has 0 aromatic carbocycles. The molecule has 0 radical (unpaired) electrons. The number of rotatable bonds is 5. The normalized spacial score (nSPS) is 10.3. The smallest absolute Gasteiger partial charge is 0.141 e. The van der Waals surface area contributed by atoms with Crippen LogP contribution in [0.25, 0.3) is 0 Å². The summed E-state index contributed by atoms with van der Waals surface area (Å²) < 4.78 is 0. The summed E-state index contributed by atoms with van der Waals surface area (Å²) in [5.74, 6) is -0.0139. The molecule has 0 saturated heterocycles. The molecule has 0 amide bonds. The van der Waals surface area contributed by atoms with Crippen molar-refractivity contribution in [3.8, 4) is 0 Å². The first kappa shape index (κ1) is 14.0. The van der Waals surface area contributed by atoms with Crippen LogP contribution in [0.1, 0.15) is 24.0 Å². The number of aromatic nitrogens is 2. The minimum atomic E-state index is -0.0139. The summed E-state index contributed by atoms with van der Waals surface area (Å²) in [6.45, 7) is 5.67. The molecule has 0 spiro atoms. The van der Waals surface area contributed by atoms with Gasteiger partial charge in [-0.3, -0.25) is 15.4 Å². The van der Waals surface area contributed by atoms with E-state index in [0.29, 0.717) is 5.69 Å². The Morgan fingerprint density at radius 3 is 2.65 bits per heavy atom. The predicted molar refractivity (Wildman–Crippen MR) is 81.0 cm³/mol. The quantitative estimate of drug-likeness (QED) is 0.643. The lowest BCUT2D eigenvalue weighted by molar-refractivity contribution is 0.803. The standard InChI is InChI=1S/C15H19N5/c1-3-20(10-12-6-4-5-11(2)19-12)13-7-8-14(15(16)17)18-9-13/h4-9H,3,10H2,1-2H3,(H3,16,17). The number of amidine groups is 1. The zero-order valence-corrected chi connectivity index (χ0v) is 11.8. The SMILES string of the molecule is CCN(Cc1cccc(C)n1)c1ccc(C(=N)N)nc1. The van der Waals surface area contributed by atoms with Gasteiger partial charge in [-0.2, -0.15) is 0 Å². The van der Waals surface area contributed by atoms with Crippen molar-refractivity contribution < 1.29 is 0 Å². The summed E-state index contributed by atoms with van der Waals surface area (Å²) in [6, 6.07) is 9.73. The number of aryl methyl sites for hydroxylation is 1. The number of nitrogens with zero attached hydrogens (tertiary/aromatic N) is 3. The molecule has 104 valence electrons. The average Bonchev–Trinajstić information content (AvgIpc) is 2.45. The molecule has 5 nitrogen and oxygen atoms in total. The number of nitrogens with two attached hydrogens (primary N) is 1. The molecule has 3 N–H and O–H groups in total. The minimum absolute atomic E-state index is 0.0139. The lowest BCUT2D eigenvalue weighted by atomic mass is 10.2. The van der Waals surface area contributed by atoms with Crippen molar-refractivity contribution in [2.45, 2.75) is 20.4 Å². The van der Waals surface area contributed by atoms with Gasteiger partial charge in [0.05, 0.1) is 24.1 Å². The first-order chi connectivity index (χ1) is 9.60. The van der Waals surface area contributed by atoms with Crippen LogP contribution < -0.4 is 10.6 Å². The zero-order valence-electron chi connectivity index (χ0n) is 11.8. The Labute approximate surface area is 119 Å². The minimum Gasteiger partial charge on any atom is -0.382 e. The lowest BCUT2D eigenvalue weighted by Gasteiger charge is -2.22. The van der Waals surface area contributed by atoms with E-state index in [1.54, 1.807) is 12.3 Å². The molecule has 5 heteroatoms. The van der Waals surface area contributed by atoms with Crippen molar-refractivity contribution in [1.82, 2.24) is 9.97 Å². The highest BCUT2D eigenvalue weighted by molar-refractivity contribution is 5.93. The van der Waals surface area contributed by atoms with Crippen molar-refractivity contribution in [3.63, 3.8) is 0 Å². The third kappa shape index (κ3) is 3.32. The zero-order chi connectivity index (χ0) is 14.5. The van der Waals surface area contributed by atoms with Crippen molar-refractivity contribution in [2.75, 3.05) is 11.4 Å². The topological polar surface area (TPSA) is 78.9 Å². The van der Waals surface area contributed by atoms with E-state index in [9.17, 15) is 0 Å². The van der Waals surface area contributed by atoms with Crippen LogP contribution in [0.5, 0.6) is 0 Å². The van der Waals surface area contributed by atoms with Gasteiger partial charge in [0.15, 0.2) is 0 Å². The fourth-order valence-corrected chi connectivity index (χ4v) is 2.00. The maximum atomic E-state index is 7.35. The predicted octanol–water partition coefficient (Wildman–Crippen LogP) is 2.10. The number of nitrogens with one attached hydrogen (secondary N) is 1. The monoisotopic (exact) mass is 269 g/mol. The van der Waals surface area contributed by atoms with Crippen LogP contribution in [0.3, 0.4) is 0 Å². The van der Waals surface area contributed by atoms with Crippen LogP contribution in [0.15, 0.2) is 36.5 Å². The second kappa shape index (κ2) is 6.14. The van der Waals surface area contributed by atoms with E-state index in [0.717, 1.165) is 30.2 Å². The summed E-state index contributed by atoms with van der Waals surface area (Å²) in [4.78, 5) is 10.9. The summed E-state index contributed by atoms with van der Waals surface area (Å²) in [5.41, 5.74) is 8.96. The number of anilines is 1. The van der Waals surface area contributed by atoms with Gasteiger partial charge >= 0.3 is 0 Å². The lowest BCUT2D eigenvalue weighted by Crippen LogP contribution is -2.23. The van der Waals surface area contributed by atoms with E-state index in [-0.39, 0.29) is 5.84 Å². The molecule has 2 aromatic heterocycles. The van der Waals surface area contributed by atoms with E-state index < -0.39 is 0 Å². The fourth-order valence-electron chi connectivity index (χ4n) is 2.00. The van der Waals surface area contributed by atoms with Gasteiger partial charge < -0.3 is 10.6 Å². The third-order valence-corrected chi connectivity index (χ3v) is 3.07. The number of hydrogen-bond donors (Lipinski definition) is 2. The van der Waals surface area contributed by atoms with Crippen molar-refractivity contribution in [2.24, 2.45) is 5.73 Å². The van der Waals surface area contributed by atoms with Gasteiger partial charge in [0, 0.05) is 12.2 Å². The Balaban J connectivity index is 2.17. The summed E-state index contributed by atoms with van der Waals surface area (Å²) >= 11 is 0. The van der Waals surface area contributed by atoms with E-state index in [1.165, 1.54) is 0 Å². The third-order valence-electron chi connectivity index (χ3n) is 3.07. The highest BCUT2D eigenvalue weighted by atomic mass is 15.1. The Hall–Kier alpha value is -2.43. The Morgan fingerprint density at radius 2 is 2.10 bits per heavy atom. The first-order valence-electron chi connectivity index (χ1n) is 6.58. The van der Waals surface area contributed by atoms with Gasteiger partial charge in [-0.25, -0.2) is 0 Å². The Bertz CT molecular complexity index is 591. The van der Waals surface area contributed by atoms with E-state index in [4.69, 9.17) is 11.1 Å². The highest BCUT2D eigenvalue weighted by Crippen LogP contribution is 2.15. The molecule has 0 atom stereocenters. The second-order valence-corrected chi connectivity index (χ2v) is 4.60.